The topological polar surface area (TPSA) is 19.0 Å². The van der Waals surface area contributed by atoms with Crippen molar-refractivity contribution in [3.05, 3.63) is 17.8 Å². The molecule has 1 aromatic heterocycles. The lowest BCUT2D eigenvalue weighted by molar-refractivity contribution is 0.590. The lowest BCUT2D eigenvalue weighted by Crippen LogP contribution is -2.18. The number of nitrogens with zero attached hydrogens (tertiary/aromatic N) is 1. The van der Waals surface area contributed by atoms with Crippen LogP contribution in [0.1, 0.15) is 26.3 Å². The highest BCUT2D eigenvalue weighted by Crippen LogP contribution is 2.29. The number of anilines is 1. The molecule has 0 amide bonds. The molecule has 1 aromatic rings. The summed E-state index contributed by atoms with van der Waals surface area (Å²) in [6.45, 7) is 6.68. The Morgan fingerprint density at radius 1 is 1.25 bits per heavy atom. The maximum atomic E-state index is 3.24. The van der Waals surface area contributed by atoms with Gasteiger partial charge in [-0.25, -0.2) is 0 Å². The molecule has 0 saturated heterocycles. The van der Waals surface area contributed by atoms with Gasteiger partial charge in [0.1, 0.15) is 5.82 Å². The Labute approximate surface area is 74.6 Å². The first-order valence-electron chi connectivity index (χ1n) is 4.28. The molecule has 0 radical (unpaired) electrons. The summed E-state index contributed by atoms with van der Waals surface area (Å²) in [6, 6.07) is 2.15. The maximum Gasteiger partial charge on any atom is 0.109 e. The average molecular weight is 166 g/mol. The molecule has 2 heteroatoms. The first-order valence-corrected chi connectivity index (χ1v) is 4.28. The zero-order valence-corrected chi connectivity index (χ0v) is 8.60. The van der Waals surface area contributed by atoms with Crippen molar-refractivity contribution < 1.29 is 0 Å². The van der Waals surface area contributed by atoms with Gasteiger partial charge in [0.05, 0.1) is 0 Å². The number of hydrogen-bond donors (Lipinski definition) is 1. The molecule has 0 aliphatic carbocycles. The van der Waals surface area contributed by atoms with Crippen LogP contribution < -0.4 is 4.90 Å². The highest BCUT2D eigenvalue weighted by Gasteiger charge is 2.19. The van der Waals surface area contributed by atoms with Gasteiger partial charge in [0.2, 0.25) is 0 Å². The number of hydrogen-bond acceptors (Lipinski definition) is 1. The standard InChI is InChI=1S/C10H18N2/c1-10(2,3)8-6-7-11-9(8)12(4)5/h6-7,11H,1-5H3. The second kappa shape index (κ2) is 2.85. The summed E-state index contributed by atoms with van der Waals surface area (Å²) in [5.74, 6) is 1.21. The van der Waals surface area contributed by atoms with Crippen molar-refractivity contribution in [3.63, 3.8) is 0 Å². The van der Waals surface area contributed by atoms with Gasteiger partial charge in [-0.2, -0.15) is 0 Å². The Morgan fingerprint density at radius 2 is 1.83 bits per heavy atom. The van der Waals surface area contributed by atoms with Crippen LogP contribution in [0.5, 0.6) is 0 Å². The molecule has 0 fully saturated rings. The molecule has 0 saturated carbocycles. The van der Waals surface area contributed by atoms with E-state index in [0.29, 0.717) is 0 Å². The number of aromatic amines is 1. The first kappa shape index (κ1) is 9.17. The summed E-state index contributed by atoms with van der Waals surface area (Å²) in [5, 5.41) is 0. The van der Waals surface area contributed by atoms with E-state index >= 15 is 0 Å². The van der Waals surface area contributed by atoms with Gasteiger partial charge in [-0.05, 0) is 17.0 Å². The summed E-state index contributed by atoms with van der Waals surface area (Å²) in [7, 11) is 4.11. The minimum absolute atomic E-state index is 0.222. The summed E-state index contributed by atoms with van der Waals surface area (Å²) in [6.07, 6.45) is 2.00. The molecule has 0 spiro atoms. The molecule has 0 aliphatic rings. The van der Waals surface area contributed by atoms with E-state index in [9.17, 15) is 0 Å². The van der Waals surface area contributed by atoms with Crippen molar-refractivity contribution in [2.24, 2.45) is 0 Å². The molecule has 1 rings (SSSR count). The Hall–Kier alpha value is -0.920. The van der Waals surface area contributed by atoms with E-state index in [0.717, 1.165) is 0 Å². The van der Waals surface area contributed by atoms with Gasteiger partial charge >= 0.3 is 0 Å². The van der Waals surface area contributed by atoms with Crippen molar-refractivity contribution in [1.82, 2.24) is 4.98 Å². The molecule has 68 valence electrons. The van der Waals surface area contributed by atoms with Crippen LogP contribution in [0, 0.1) is 0 Å². The third kappa shape index (κ3) is 1.63. The maximum absolute atomic E-state index is 3.24. The molecule has 0 atom stereocenters. The lowest BCUT2D eigenvalue weighted by Gasteiger charge is -2.22. The van der Waals surface area contributed by atoms with Gasteiger partial charge in [-0.3, -0.25) is 0 Å². The Balaban J connectivity index is 3.08. The van der Waals surface area contributed by atoms with Crippen LogP contribution in [0.25, 0.3) is 0 Å². The number of H-pyrrole nitrogens is 1. The van der Waals surface area contributed by atoms with Crippen LogP contribution in [-0.2, 0) is 5.41 Å². The third-order valence-electron chi connectivity index (χ3n) is 1.98. The molecular weight excluding hydrogens is 148 g/mol. The van der Waals surface area contributed by atoms with Crippen molar-refractivity contribution in [1.29, 1.82) is 0 Å². The minimum Gasteiger partial charge on any atom is -0.364 e. The van der Waals surface area contributed by atoms with Crippen LogP contribution in [0.15, 0.2) is 12.3 Å². The summed E-state index contributed by atoms with van der Waals surface area (Å²) >= 11 is 0. The Bertz CT molecular complexity index is 253. The molecule has 0 aliphatic heterocycles. The smallest absolute Gasteiger partial charge is 0.109 e. The van der Waals surface area contributed by atoms with Gasteiger partial charge in [0, 0.05) is 20.3 Å². The van der Waals surface area contributed by atoms with Gasteiger partial charge in [-0.1, -0.05) is 20.8 Å². The minimum atomic E-state index is 0.222. The molecular formula is C10H18N2. The molecule has 0 bridgehead atoms. The van der Waals surface area contributed by atoms with Crippen molar-refractivity contribution in [3.8, 4) is 0 Å². The Morgan fingerprint density at radius 3 is 2.17 bits per heavy atom. The molecule has 0 aromatic carbocycles. The lowest BCUT2D eigenvalue weighted by atomic mass is 9.88. The zero-order valence-electron chi connectivity index (χ0n) is 8.60. The average Bonchev–Trinajstić information content (AvgIpc) is 2.30. The van der Waals surface area contributed by atoms with Crippen LogP contribution in [0.2, 0.25) is 0 Å². The van der Waals surface area contributed by atoms with E-state index in [1.54, 1.807) is 0 Å². The predicted molar refractivity (Wildman–Crippen MR) is 53.8 cm³/mol. The second-order valence-electron chi connectivity index (χ2n) is 4.38. The van der Waals surface area contributed by atoms with Crippen molar-refractivity contribution >= 4 is 5.82 Å². The van der Waals surface area contributed by atoms with E-state index in [2.05, 4.69) is 50.8 Å². The fourth-order valence-electron chi connectivity index (χ4n) is 1.34. The number of rotatable bonds is 1. The zero-order chi connectivity index (χ0) is 9.35. The fourth-order valence-corrected chi connectivity index (χ4v) is 1.34. The summed E-state index contributed by atoms with van der Waals surface area (Å²) in [5.41, 5.74) is 1.59. The predicted octanol–water partition coefficient (Wildman–Crippen LogP) is 2.38. The molecule has 2 nitrogen and oxygen atoms in total. The molecule has 12 heavy (non-hydrogen) atoms. The van der Waals surface area contributed by atoms with Crippen LogP contribution in [0.4, 0.5) is 5.82 Å². The highest BCUT2D eigenvalue weighted by atomic mass is 15.1. The van der Waals surface area contributed by atoms with E-state index < -0.39 is 0 Å². The fraction of sp³-hybridized carbons (Fsp3) is 0.600. The van der Waals surface area contributed by atoms with Gasteiger partial charge in [-0.15, -0.1) is 0 Å². The van der Waals surface area contributed by atoms with Crippen molar-refractivity contribution in [2.75, 3.05) is 19.0 Å². The second-order valence-corrected chi connectivity index (χ2v) is 4.38. The van der Waals surface area contributed by atoms with Crippen LogP contribution in [-0.4, -0.2) is 19.1 Å². The molecule has 1 heterocycles. The van der Waals surface area contributed by atoms with E-state index in [4.69, 9.17) is 0 Å². The summed E-state index contributed by atoms with van der Waals surface area (Å²) in [4.78, 5) is 5.35. The normalized spacial score (nSPS) is 11.8. The molecule has 1 N–H and O–H groups in total. The monoisotopic (exact) mass is 166 g/mol. The van der Waals surface area contributed by atoms with Crippen LogP contribution in [0.3, 0.4) is 0 Å². The quantitative estimate of drug-likeness (QED) is 0.678. The SMILES string of the molecule is CN(C)c1[nH]ccc1C(C)(C)C. The van der Waals surface area contributed by atoms with Gasteiger partial charge < -0.3 is 9.88 Å². The molecule has 0 unspecified atom stereocenters. The third-order valence-corrected chi connectivity index (χ3v) is 1.98. The van der Waals surface area contributed by atoms with Gasteiger partial charge in [0.15, 0.2) is 0 Å². The van der Waals surface area contributed by atoms with Crippen LogP contribution >= 0.6 is 0 Å². The van der Waals surface area contributed by atoms with E-state index in [1.165, 1.54) is 11.4 Å². The Kier molecular flexibility index (Phi) is 2.18. The number of nitrogens with one attached hydrogen (secondary N) is 1. The van der Waals surface area contributed by atoms with Crippen molar-refractivity contribution in [2.45, 2.75) is 26.2 Å². The first-order chi connectivity index (χ1) is 5.43. The summed E-state index contributed by atoms with van der Waals surface area (Å²) < 4.78 is 0. The highest BCUT2D eigenvalue weighted by molar-refractivity contribution is 5.49. The van der Waals surface area contributed by atoms with E-state index in [-0.39, 0.29) is 5.41 Å². The number of aromatic nitrogens is 1. The van der Waals surface area contributed by atoms with E-state index in [1.807, 2.05) is 6.20 Å². The largest absolute Gasteiger partial charge is 0.364 e. The van der Waals surface area contributed by atoms with Gasteiger partial charge in [0.25, 0.3) is 0 Å².